The summed E-state index contributed by atoms with van der Waals surface area (Å²) in [5.41, 5.74) is 2.93. The summed E-state index contributed by atoms with van der Waals surface area (Å²) in [5.74, 6) is 2.54. The third kappa shape index (κ3) is 4.06. The van der Waals surface area contributed by atoms with E-state index >= 15 is 0 Å². The third-order valence-corrected chi connectivity index (χ3v) is 4.59. The average molecular weight is 415 g/mol. The van der Waals surface area contributed by atoms with Gasteiger partial charge in [-0.25, -0.2) is 0 Å². The summed E-state index contributed by atoms with van der Waals surface area (Å²) >= 11 is 12.1. The second-order valence-electron chi connectivity index (χ2n) is 6.43. The summed E-state index contributed by atoms with van der Waals surface area (Å²) in [4.78, 5) is 4.36. The van der Waals surface area contributed by atoms with Crippen LogP contribution < -0.4 is 4.74 Å². The number of hydrogen-bond acceptors (Lipinski definition) is 5. The van der Waals surface area contributed by atoms with Crippen molar-refractivity contribution in [1.29, 1.82) is 0 Å². The lowest BCUT2D eigenvalue weighted by Gasteiger charge is -2.06. The Morgan fingerprint density at radius 3 is 2.50 bits per heavy atom. The molecule has 4 aromatic rings. The van der Waals surface area contributed by atoms with Crippen LogP contribution in [0.25, 0.3) is 23.0 Å². The summed E-state index contributed by atoms with van der Waals surface area (Å²) in [6, 6.07) is 14.7. The monoisotopic (exact) mass is 414 g/mol. The molecule has 0 spiro atoms. The Bertz CT molecular complexity index is 1110. The minimum Gasteiger partial charge on any atom is -0.486 e. The molecular weight excluding hydrogens is 399 g/mol. The Morgan fingerprint density at radius 2 is 1.75 bits per heavy atom. The fraction of sp³-hybridized carbons (Fsp3) is 0.143. The maximum absolute atomic E-state index is 6.20. The van der Waals surface area contributed by atoms with Crippen molar-refractivity contribution >= 4 is 23.2 Å². The molecule has 0 saturated carbocycles. The molecule has 4 rings (SSSR count). The van der Waals surface area contributed by atoms with Crippen LogP contribution in [0.4, 0.5) is 0 Å². The Balaban J connectivity index is 1.49. The fourth-order valence-electron chi connectivity index (χ4n) is 2.84. The molecule has 0 bridgehead atoms. The van der Waals surface area contributed by atoms with Crippen molar-refractivity contribution in [2.45, 2.75) is 20.5 Å². The quantitative estimate of drug-likeness (QED) is 0.372. The summed E-state index contributed by atoms with van der Waals surface area (Å²) in [6.07, 6.45) is 0. The lowest BCUT2D eigenvalue weighted by atomic mass is 10.1. The van der Waals surface area contributed by atoms with Gasteiger partial charge in [0.2, 0.25) is 5.82 Å². The highest BCUT2D eigenvalue weighted by Crippen LogP contribution is 2.30. The van der Waals surface area contributed by atoms with Crippen LogP contribution in [0.15, 0.2) is 57.5 Å². The first kappa shape index (κ1) is 18.6. The number of furan rings is 1. The van der Waals surface area contributed by atoms with Gasteiger partial charge in [0.25, 0.3) is 5.89 Å². The summed E-state index contributed by atoms with van der Waals surface area (Å²) in [5, 5.41) is 4.96. The van der Waals surface area contributed by atoms with E-state index < -0.39 is 0 Å². The van der Waals surface area contributed by atoms with E-state index in [1.165, 1.54) is 0 Å². The van der Waals surface area contributed by atoms with Crippen LogP contribution in [0.1, 0.15) is 16.9 Å². The van der Waals surface area contributed by atoms with Crippen molar-refractivity contribution in [3.8, 4) is 28.8 Å². The Hall–Kier alpha value is -2.76. The zero-order valence-electron chi connectivity index (χ0n) is 15.2. The molecular formula is C21H16Cl2N2O3. The van der Waals surface area contributed by atoms with Gasteiger partial charge in [0.15, 0.2) is 5.76 Å². The third-order valence-electron chi connectivity index (χ3n) is 4.05. The van der Waals surface area contributed by atoms with Crippen LogP contribution in [-0.4, -0.2) is 10.1 Å². The first-order chi connectivity index (χ1) is 13.5. The van der Waals surface area contributed by atoms with Gasteiger partial charge in [-0.2, -0.15) is 4.98 Å². The second kappa shape index (κ2) is 7.70. The number of halogens is 2. The molecule has 2 aromatic heterocycles. The molecule has 0 aliphatic carbocycles. The lowest BCUT2D eigenvalue weighted by molar-refractivity contribution is 0.270. The van der Waals surface area contributed by atoms with E-state index in [4.69, 9.17) is 36.9 Å². The van der Waals surface area contributed by atoms with Gasteiger partial charge in [-0.3, -0.25) is 0 Å². The molecule has 0 radical (unpaired) electrons. The highest BCUT2D eigenvalue weighted by Gasteiger charge is 2.16. The zero-order chi connectivity index (χ0) is 19.7. The molecule has 7 heteroatoms. The Labute approximate surface area is 171 Å². The first-order valence-electron chi connectivity index (χ1n) is 8.57. The van der Waals surface area contributed by atoms with Crippen molar-refractivity contribution < 1.29 is 13.7 Å². The summed E-state index contributed by atoms with van der Waals surface area (Å²) in [6.45, 7) is 4.36. The minimum absolute atomic E-state index is 0.263. The van der Waals surface area contributed by atoms with Crippen molar-refractivity contribution in [3.63, 3.8) is 0 Å². The number of nitrogens with zero attached hydrogens (tertiary/aromatic N) is 2. The maximum atomic E-state index is 6.20. The van der Waals surface area contributed by atoms with Gasteiger partial charge in [-0.05, 0) is 67.4 Å². The number of aromatic nitrogens is 2. The summed E-state index contributed by atoms with van der Waals surface area (Å²) < 4.78 is 16.9. The second-order valence-corrected chi connectivity index (χ2v) is 7.27. The molecule has 2 heterocycles. The van der Waals surface area contributed by atoms with Crippen LogP contribution >= 0.6 is 23.2 Å². The van der Waals surface area contributed by atoms with E-state index in [1.807, 2.05) is 32.0 Å². The zero-order valence-corrected chi connectivity index (χ0v) is 16.7. The molecule has 0 aliphatic rings. The molecule has 0 N–H and O–H groups in total. The number of aryl methyl sites for hydroxylation is 2. The first-order valence-corrected chi connectivity index (χ1v) is 9.33. The maximum Gasteiger partial charge on any atom is 0.293 e. The van der Waals surface area contributed by atoms with Crippen LogP contribution in [-0.2, 0) is 6.61 Å². The van der Waals surface area contributed by atoms with Crippen molar-refractivity contribution in [2.24, 2.45) is 0 Å². The molecule has 0 atom stereocenters. The molecule has 2 aromatic carbocycles. The van der Waals surface area contributed by atoms with Gasteiger partial charge in [-0.15, -0.1) is 0 Å². The predicted octanol–water partition coefficient (Wildman–Crippen LogP) is 6.50. The van der Waals surface area contributed by atoms with Gasteiger partial charge in [-0.1, -0.05) is 34.4 Å². The highest BCUT2D eigenvalue weighted by atomic mass is 35.5. The topological polar surface area (TPSA) is 61.3 Å². The van der Waals surface area contributed by atoms with E-state index in [9.17, 15) is 0 Å². The van der Waals surface area contributed by atoms with E-state index in [0.717, 1.165) is 16.9 Å². The van der Waals surface area contributed by atoms with Crippen LogP contribution in [0.3, 0.4) is 0 Å². The summed E-state index contributed by atoms with van der Waals surface area (Å²) in [7, 11) is 0. The smallest absolute Gasteiger partial charge is 0.293 e. The van der Waals surface area contributed by atoms with Crippen molar-refractivity contribution in [2.75, 3.05) is 0 Å². The molecule has 0 saturated heterocycles. The molecule has 5 nitrogen and oxygen atoms in total. The number of benzene rings is 2. The van der Waals surface area contributed by atoms with Crippen LogP contribution in [0.5, 0.6) is 5.75 Å². The van der Waals surface area contributed by atoms with E-state index in [2.05, 4.69) is 16.2 Å². The van der Waals surface area contributed by atoms with Gasteiger partial charge in [0, 0.05) is 10.6 Å². The lowest BCUT2D eigenvalue weighted by Crippen LogP contribution is -1.94. The normalized spacial score (nSPS) is 11.0. The largest absolute Gasteiger partial charge is 0.486 e. The highest BCUT2D eigenvalue weighted by molar-refractivity contribution is 6.36. The molecule has 28 heavy (non-hydrogen) atoms. The molecule has 0 aliphatic heterocycles. The van der Waals surface area contributed by atoms with Gasteiger partial charge >= 0.3 is 0 Å². The standard InChI is InChI=1S/C21H16Cl2N2O3/c1-12-7-13(2)9-16(8-12)26-11-15-4-6-19(27-15)21-24-20(25-28-21)17-5-3-14(22)10-18(17)23/h3-10H,11H2,1-2H3. The van der Waals surface area contributed by atoms with E-state index in [-0.39, 0.29) is 5.89 Å². The van der Waals surface area contributed by atoms with E-state index in [1.54, 1.807) is 24.3 Å². The van der Waals surface area contributed by atoms with Gasteiger partial charge in [0.1, 0.15) is 18.1 Å². The van der Waals surface area contributed by atoms with Crippen molar-refractivity contribution in [3.05, 3.63) is 75.5 Å². The average Bonchev–Trinajstić information content (AvgIpc) is 3.28. The van der Waals surface area contributed by atoms with Gasteiger partial charge < -0.3 is 13.7 Å². The predicted molar refractivity (Wildman–Crippen MR) is 108 cm³/mol. The minimum atomic E-state index is 0.263. The molecule has 142 valence electrons. The van der Waals surface area contributed by atoms with Crippen LogP contribution in [0.2, 0.25) is 10.0 Å². The number of rotatable bonds is 5. The molecule has 0 unspecified atom stereocenters. The number of hydrogen-bond donors (Lipinski definition) is 0. The SMILES string of the molecule is Cc1cc(C)cc(OCc2ccc(-c3nc(-c4ccc(Cl)cc4Cl)no3)o2)c1. The van der Waals surface area contributed by atoms with Gasteiger partial charge in [0.05, 0.1) is 5.02 Å². The fourth-order valence-corrected chi connectivity index (χ4v) is 3.34. The Morgan fingerprint density at radius 1 is 0.964 bits per heavy atom. The number of ether oxygens (including phenoxy) is 1. The van der Waals surface area contributed by atoms with E-state index in [0.29, 0.717) is 39.6 Å². The molecule has 0 amide bonds. The van der Waals surface area contributed by atoms with Crippen LogP contribution in [0, 0.1) is 13.8 Å². The molecule has 0 fully saturated rings. The van der Waals surface area contributed by atoms with Crippen molar-refractivity contribution in [1.82, 2.24) is 10.1 Å². The Kier molecular flexibility index (Phi) is 5.11.